The molecule has 1 aromatic heterocycles. The fraction of sp³-hybridized carbons (Fsp3) is 0.0833. The van der Waals surface area contributed by atoms with Gasteiger partial charge in [-0.05, 0) is 12.1 Å². The van der Waals surface area contributed by atoms with Crippen LogP contribution in [0.4, 0.5) is 5.69 Å². The highest BCUT2D eigenvalue weighted by Gasteiger charge is 2.07. The molecule has 0 aliphatic carbocycles. The zero-order valence-electron chi connectivity index (χ0n) is 9.25. The molecule has 0 fully saturated rings. The van der Waals surface area contributed by atoms with Gasteiger partial charge in [0.05, 0.1) is 11.8 Å². The summed E-state index contributed by atoms with van der Waals surface area (Å²) in [6.45, 7) is 0. The normalized spacial score (nSPS) is 9.94. The van der Waals surface area contributed by atoms with Gasteiger partial charge in [0.1, 0.15) is 0 Å². The van der Waals surface area contributed by atoms with E-state index in [1.165, 1.54) is 24.0 Å². The Bertz CT molecular complexity index is 590. The molecule has 1 amide bonds. The number of para-hydroxylation sites is 1. The van der Waals surface area contributed by atoms with E-state index >= 15 is 0 Å². The summed E-state index contributed by atoms with van der Waals surface area (Å²) in [4.78, 5) is 23.1. The van der Waals surface area contributed by atoms with E-state index in [-0.39, 0.29) is 17.0 Å². The molecule has 0 saturated carbocycles. The molecule has 1 heterocycles. The molecule has 0 radical (unpaired) electrons. The fourth-order valence-corrected chi connectivity index (χ4v) is 1.32. The lowest BCUT2D eigenvalue weighted by atomic mass is 10.2. The molecule has 17 heavy (non-hydrogen) atoms. The second-order valence-corrected chi connectivity index (χ2v) is 3.53. The summed E-state index contributed by atoms with van der Waals surface area (Å²) in [6.07, 6.45) is 1.36. The average Bonchev–Trinajstić information content (AvgIpc) is 2.34. The highest BCUT2D eigenvalue weighted by Crippen LogP contribution is 2.06. The van der Waals surface area contributed by atoms with Crippen molar-refractivity contribution >= 4 is 11.6 Å². The van der Waals surface area contributed by atoms with Crippen LogP contribution in [-0.2, 0) is 7.05 Å². The van der Waals surface area contributed by atoms with Gasteiger partial charge in [-0.3, -0.25) is 9.59 Å². The van der Waals surface area contributed by atoms with E-state index in [4.69, 9.17) is 0 Å². The highest BCUT2D eigenvalue weighted by molar-refractivity contribution is 6.03. The van der Waals surface area contributed by atoms with Gasteiger partial charge in [-0.2, -0.15) is 5.10 Å². The Hall–Kier alpha value is -2.43. The van der Waals surface area contributed by atoms with Gasteiger partial charge in [0.2, 0.25) is 0 Å². The maximum absolute atomic E-state index is 11.8. The van der Waals surface area contributed by atoms with E-state index in [1.54, 1.807) is 12.1 Å². The third-order valence-corrected chi connectivity index (χ3v) is 2.26. The van der Waals surface area contributed by atoms with E-state index in [2.05, 4.69) is 10.4 Å². The van der Waals surface area contributed by atoms with Gasteiger partial charge in [-0.1, -0.05) is 18.2 Å². The molecule has 0 unspecified atom stereocenters. The second-order valence-electron chi connectivity index (χ2n) is 3.53. The molecule has 2 rings (SSSR count). The molecule has 1 aromatic carbocycles. The van der Waals surface area contributed by atoms with Crippen molar-refractivity contribution in [1.82, 2.24) is 9.78 Å². The minimum Gasteiger partial charge on any atom is -0.322 e. The average molecular weight is 229 g/mol. The molecule has 0 aliphatic heterocycles. The minimum absolute atomic E-state index is 0.247. The predicted octanol–water partition coefficient (Wildman–Crippen LogP) is 1.03. The Morgan fingerprint density at radius 2 is 2.00 bits per heavy atom. The van der Waals surface area contributed by atoms with Crippen molar-refractivity contribution in [2.45, 2.75) is 0 Å². The number of aryl methyl sites for hydroxylation is 1. The van der Waals surface area contributed by atoms with Gasteiger partial charge in [0, 0.05) is 18.8 Å². The Morgan fingerprint density at radius 3 is 2.65 bits per heavy atom. The van der Waals surface area contributed by atoms with E-state index in [0.29, 0.717) is 5.69 Å². The summed E-state index contributed by atoms with van der Waals surface area (Å²) in [5.41, 5.74) is 0.612. The van der Waals surface area contributed by atoms with Crippen molar-refractivity contribution in [1.29, 1.82) is 0 Å². The Kier molecular flexibility index (Phi) is 3.00. The van der Waals surface area contributed by atoms with Crippen LogP contribution in [0.5, 0.6) is 0 Å². The molecule has 0 spiro atoms. The topological polar surface area (TPSA) is 64.0 Å². The van der Waals surface area contributed by atoms with Gasteiger partial charge >= 0.3 is 0 Å². The van der Waals surface area contributed by atoms with Crippen LogP contribution in [0, 0.1) is 0 Å². The first-order valence-corrected chi connectivity index (χ1v) is 5.06. The molecule has 0 bridgehead atoms. The maximum Gasteiger partial charge on any atom is 0.267 e. The van der Waals surface area contributed by atoms with E-state index in [0.717, 1.165) is 0 Å². The van der Waals surface area contributed by atoms with Crippen LogP contribution >= 0.6 is 0 Å². The van der Waals surface area contributed by atoms with Crippen molar-refractivity contribution in [3.05, 3.63) is 58.5 Å². The lowest BCUT2D eigenvalue weighted by molar-refractivity contribution is 0.102. The number of amides is 1. The summed E-state index contributed by atoms with van der Waals surface area (Å²) in [5, 5.41) is 6.46. The van der Waals surface area contributed by atoms with Crippen molar-refractivity contribution in [3.8, 4) is 0 Å². The van der Waals surface area contributed by atoms with Gasteiger partial charge in [0.25, 0.3) is 11.5 Å². The molecule has 1 N–H and O–H groups in total. The number of carbonyl (C=O) groups excluding carboxylic acids is 1. The predicted molar refractivity (Wildman–Crippen MR) is 63.9 cm³/mol. The third kappa shape index (κ3) is 2.57. The number of aromatic nitrogens is 2. The molecular weight excluding hydrogens is 218 g/mol. The van der Waals surface area contributed by atoms with Crippen molar-refractivity contribution in [2.24, 2.45) is 7.05 Å². The molecule has 5 nitrogen and oxygen atoms in total. The zero-order valence-corrected chi connectivity index (χ0v) is 9.25. The number of nitrogens with zero attached hydrogens (tertiary/aromatic N) is 2. The lowest BCUT2D eigenvalue weighted by Gasteiger charge is -2.04. The SMILES string of the molecule is Cn1ncc(C(=O)Nc2ccccc2)cc1=O. The van der Waals surface area contributed by atoms with E-state index in [1.807, 2.05) is 18.2 Å². The van der Waals surface area contributed by atoms with Crippen LogP contribution in [0.15, 0.2) is 47.4 Å². The van der Waals surface area contributed by atoms with E-state index < -0.39 is 0 Å². The van der Waals surface area contributed by atoms with Crippen molar-refractivity contribution < 1.29 is 4.79 Å². The van der Waals surface area contributed by atoms with Gasteiger partial charge < -0.3 is 5.32 Å². The first-order valence-electron chi connectivity index (χ1n) is 5.06. The fourth-order valence-electron chi connectivity index (χ4n) is 1.32. The highest BCUT2D eigenvalue weighted by atomic mass is 16.2. The summed E-state index contributed by atoms with van der Waals surface area (Å²) in [7, 11) is 1.53. The molecule has 0 atom stereocenters. The number of rotatable bonds is 2. The first kappa shape index (κ1) is 11.1. The Balaban J connectivity index is 2.21. The monoisotopic (exact) mass is 229 g/mol. The van der Waals surface area contributed by atoms with Crippen molar-refractivity contribution in [3.63, 3.8) is 0 Å². The van der Waals surface area contributed by atoms with Crippen LogP contribution in [0.1, 0.15) is 10.4 Å². The van der Waals surface area contributed by atoms with E-state index in [9.17, 15) is 9.59 Å². The maximum atomic E-state index is 11.8. The molecule has 2 aromatic rings. The molecule has 0 aliphatic rings. The number of benzene rings is 1. The molecule has 5 heteroatoms. The molecule has 86 valence electrons. The van der Waals surface area contributed by atoms with Crippen LogP contribution < -0.4 is 10.9 Å². The zero-order chi connectivity index (χ0) is 12.3. The standard InChI is InChI=1S/C12H11N3O2/c1-15-11(16)7-9(8-13-15)12(17)14-10-5-3-2-4-6-10/h2-8H,1H3,(H,14,17). The van der Waals surface area contributed by atoms with Crippen LogP contribution in [0.2, 0.25) is 0 Å². The number of anilines is 1. The Labute approximate surface area is 97.7 Å². The largest absolute Gasteiger partial charge is 0.322 e. The summed E-state index contributed by atoms with van der Waals surface area (Å²) in [5.74, 6) is -0.346. The first-order chi connectivity index (χ1) is 8.16. The summed E-state index contributed by atoms with van der Waals surface area (Å²) >= 11 is 0. The van der Waals surface area contributed by atoms with Gasteiger partial charge in [-0.15, -0.1) is 0 Å². The van der Waals surface area contributed by atoms with Crippen LogP contribution in [-0.4, -0.2) is 15.7 Å². The van der Waals surface area contributed by atoms with Crippen LogP contribution in [0.25, 0.3) is 0 Å². The van der Waals surface area contributed by atoms with Crippen molar-refractivity contribution in [2.75, 3.05) is 5.32 Å². The third-order valence-electron chi connectivity index (χ3n) is 2.26. The molecule has 0 saturated heterocycles. The van der Waals surface area contributed by atoms with Gasteiger partial charge in [0.15, 0.2) is 0 Å². The van der Waals surface area contributed by atoms with Crippen LogP contribution in [0.3, 0.4) is 0 Å². The minimum atomic E-state index is -0.346. The number of hydrogen-bond donors (Lipinski definition) is 1. The number of hydrogen-bond acceptors (Lipinski definition) is 3. The quantitative estimate of drug-likeness (QED) is 0.836. The van der Waals surface area contributed by atoms with Gasteiger partial charge in [-0.25, -0.2) is 4.68 Å². The summed E-state index contributed by atoms with van der Waals surface area (Å²) in [6, 6.07) is 10.3. The lowest BCUT2D eigenvalue weighted by Crippen LogP contribution is -2.22. The summed E-state index contributed by atoms with van der Waals surface area (Å²) < 4.78 is 1.17. The number of nitrogens with one attached hydrogen (secondary N) is 1. The number of carbonyl (C=O) groups is 1. The second kappa shape index (κ2) is 4.61. The smallest absolute Gasteiger partial charge is 0.267 e. The Morgan fingerprint density at radius 1 is 1.29 bits per heavy atom. The molecular formula is C12H11N3O2.